The molecule has 3 aromatic rings. The van der Waals surface area contributed by atoms with Crippen LogP contribution in [0.4, 0.5) is 5.82 Å². The van der Waals surface area contributed by atoms with E-state index >= 15 is 0 Å². The topological polar surface area (TPSA) is 385 Å². The molecule has 0 aliphatic carbocycles. The molecule has 2 aliphatic rings. The normalized spacial score (nSPS) is 23.0. The first-order valence-electron chi connectivity index (χ1n) is 20.5. The molecule has 67 heavy (non-hydrogen) atoms. The Kier molecular flexibility index (Phi) is 19.3. The molecule has 2 amide bonds. The van der Waals surface area contributed by atoms with Crippen molar-refractivity contribution < 1.29 is 90.0 Å². The second-order valence-electron chi connectivity index (χ2n) is 16.0. The van der Waals surface area contributed by atoms with Crippen molar-refractivity contribution in [2.45, 2.75) is 88.6 Å². The SMILES string of the molecule is CC(C)(COP(=O)(O)OP(=O)(O)OC[C@H]1O[C@@H](n2cnc3c(N)ncnc32)[C@H](O)[C@@H]1OP(=O)(O)O)[C@H](O)C(=O)NCCC(=O)NCCSC(=O)C1(CCCCCCOc2ccc(Cl)cc2)CO1. The first-order chi connectivity index (χ1) is 31.4. The number of rotatable bonds is 28. The van der Waals surface area contributed by atoms with E-state index in [0.717, 1.165) is 60.4 Å². The van der Waals surface area contributed by atoms with Gasteiger partial charge in [0.2, 0.25) is 16.9 Å². The number of unbranched alkanes of at least 4 members (excludes halogenated alkanes) is 3. The summed E-state index contributed by atoms with van der Waals surface area (Å²) in [5.41, 5.74) is 3.45. The van der Waals surface area contributed by atoms with Crippen molar-refractivity contribution in [1.29, 1.82) is 0 Å². The van der Waals surface area contributed by atoms with Crippen LogP contribution in [-0.2, 0) is 55.4 Å². The number of hydrogen-bond donors (Lipinski definition) is 9. The Morgan fingerprint density at radius 1 is 1.01 bits per heavy atom. The number of carbonyl (C=O) groups is 3. The van der Waals surface area contributed by atoms with E-state index in [1.54, 1.807) is 12.1 Å². The Morgan fingerprint density at radius 3 is 2.39 bits per heavy atom. The Morgan fingerprint density at radius 2 is 1.70 bits per heavy atom. The molecular weight excluding hydrogens is 995 g/mol. The summed E-state index contributed by atoms with van der Waals surface area (Å²) in [7, 11) is -16.4. The highest BCUT2D eigenvalue weighted by molar-refractivity contribution is 8.13. The third kappa shape index (κ3) is 16.5. The summed E-state index contributed by atoms with van der Waals surface area (Å²) >= 11 is 6.94. The zero-order valence-electron chi connectivity index (χ0n) is 36.0. The predicted molar refractivity (Wildman–Crippen MR) is 236 cm³/mol. The van der Waals surface area contributed by atoms with Crippen molar-refractivity contribution in [2.24, 2.45) is 5.41 Å². The highest BCUT2D eigenvalue weighted by atomic mass is 35.5. The standard InChI is InChI=1S/C36H53ClN7O19P3S/c1-35(2,29(47)32(48)40-13-11-25(45)39-14-16-67-34(49)36(19-58-36)12-5-3-4-6-15-57-23-9-7-22(37)8-10-23)18-60-66(55,56)63-65(53,54)59-17-24-28(62-64(50,51)52)27(46)33(61-24)44-21-43-26-30(38)41-20-42-31(26)44/h7-10,20-21,24,27-29,33,46-47H,3-6,11-19H2,1-2H3,(H,39,45)(H,40,48)(H,53,54)(H,55,56)(H2,38,41,42)(H2,50,51,52)/t24-,27-,28-,29-,33-,36?/m1/s1. The molecule has 5 rings (SSSR count). The van der Waals surface area contributed by atoms with Crippen LogP contribution in [-0.4, -0.2) is 142 Å². The van der Waals surface area contributed by atoms with Crippen LogP contribution in [0.2, 0.25) is 5.02 Å². The summed E-state index contributed by atoms with van der Waals surface area (Å²) in [5.74, 6) is -0.445. The number of fused-ring (bicyclic) bond motifs is 1. The van der Waals surface area contributed by atoms with Gasteiger partial charge in [0.05, 0.1) is 32.8 Å². The molecule has 31 heteroatoms. The number of phosphoric ester groups is 3. The molecular formula is C36H53ClN7O19P3S. The molecule has 0 saturated carbocycles. The number of hydrogen-bond acceptors (Lipinski definition) is 20. The molecule has 0 radical (unpaired) electrons. The summed E-state index contributed by atoms with van der Waals surface area (Å²) in [6.07, 6.45) is -2.88. The van der Waals surface area contributed by atoms with Gasteiger partial charge in [0.15, 0.2) is 23.3 Å². The number of benzene rings is 1. The maximum Gasteiger partial charge on any atom is 0.481 e. The number of aromatic nitrogens is 4. The number of nitrogens with zero attached hydrogens (tertiary/aromatic N) is 4. The number of aliphatic hydroxyl groups is 2. The fourth-order valence-electron chi connectivity index (χ4n) is 6.44. The molecule has 1 aromatic carbocycles. The van der Waals surface area contributed by atoms with Gasteiger partial charge in [-0.25, -0.2) is 28.6 Å². The lowest BCUT2D eigenvalue weighted by Crippen LogP contribution is -2.46. The first-order valence-corrected chi connectivity index (χ1v) is 26.4. The molecule has 2 saturated heterocycles. The molecule has 0 spiro atoms. The molecule has 3 unspecified atom stereocenters. The van der Waals surface area contributed by atoms with Gasteiger partial charge in [-0.2, -0.15) is 4.31 Å². The second kappa shape index (κ2) is 23.6. The van der Waals surface area contributed by atoms with Gasteiger partial charge in [-0.3, -0.25) is 32.5 Å². The zero-order chi connectivity index (χ0) is 49.2. The minimum absolute atomic E-state index is 0.0263. The number of imidazole rings is 1. The van der Waals surface area contributed by atoms with E-state index in [9.17, 15) is 57.9 Å². The highest BCUT2D eigenvalue weighted by Gasteiger charge is 2.52. The van der Waals surface area contributed by atoms with Gasteiger partial charge in [0.1, 0.15) is 42.0 Å². The molecule has 2 aromatic heterocycles. The minimum atomic E-state index is -5.59. The van der Waals surface area contributed by atoms with Gasteiger partial charge in [-0.15, -0.1) is 0 Å². The summed E-state index contributed by atoms with van der Waals surface area (Å²) in [4.78, 5) is 89.0. The monoisotopic (exact) mass is 1050 g/mol. The number of aliphatic hydroxyl groups excluding tert-OH is 2. The Bertz CT molecular complexity index is 2320. The van der Waals surface area contributed by atoms with E-state index < -0.39 is 90.2 Å². The molecule has 4 heterocycles. The lowest BCUT2D eigenvalue weighted by molar-refractivity contribution is -0.137. The highest BCUT2D eigenvalue weighted by Crippen LogP contribution is 2.61. The number of nitrogens with two attached hydrogens (primary N) is 1. The van der Waals surface area contributed by atoms with E-state index in [4.69, 9.17) is 40.6 Å². The van der Waals surface area contributed by atoms with Crippen molar-refractivity contribution in [2.75, 3.05) is 51.0 Å². The van der Waals surface area contributed by atoms with Crippen molar-refractivity contribution in [3.8, 4) is 5.75 Å². The van der Waals surface area contributed by atoms with E-state index in [1.165, 1.54) is 13.8 Å². The maximum absolute atomic E-state index is 12.8. The minimum Gasteiger partial charge on any atom is -0.494 e. The number of epoxide rings is 1. The fraction of sp³-hybridized carbons (Fsp3) is 0.611. The van der Waals surface area contributed by atoms with Gasteiger partial charge in [0.25, 0.3) is 0 Å². The number of carbonyl (C=O) groups excluding carboxylic acids is 3. The van der Waals surface area contributed by atoms with Gasteiger partial charge in [-0.05, 0) is 43.5 Å². The van der Waals surface area contributed by atoms with Crippen molar-refractivity contribution in [3.05, 3.63) is 41.9 Å². The van der Waals surface area contributed by atoms with Crippen LogP contribution >= 0.6 is 46.8 Å². The number of anilines is 1. The lowest BCUT2D eigenvalue weighted by Gasteiger charge is -2.30. The van der Waals surface area contributed by atoms with E-state index in [2.05, 4.69) is 34.4 Å². The Labute approximate surface area is 392 Å². The van der Waals surface area contributed by atoms with Crippen LogP contribution in [0.1, 0.15) is 58.6 Å². The van der Waals surface area contributed by atoms with Crippen LogP contribution in [0.25, 0.3) is 11.2 Å². The molecule has 374 valence electrons. The average Bonchev–Trinajstić information content (AvgIpc) is 3.83. The van der Waals surface area contributed by atoms with Crippen LogP contribution < -0.4 is 21.1 Å². The Hall–Kier alpha value is -3.17. The molecule has 0 bridgehead atoms. The predicted octanol–water partition coefficient (Wildman–Crippen LogP) is 2.12. The third-order valence-electron chi connectivity index (χ3n) is 10.2. The van der Waals surface area contributed by atoms with Crippen LogP contribution in [0.15, 0.2) is 36.9 Å². The summed E-state index contributed by atoms with van der Waals surface area (Å²) in [6, 6.07) is 7.15. The van der Waals surface area contributed by atoms with Crippen molar-refractivity contribution in [3.63, 3.8) is 0 Å². The zero-order valence-corrected chi connectivity index (χ0v) is 40.3. The number of nitrogen functional groups attached to an aromatic ring is 1. The summed E-state index contributed by atoms with van der Waals surface area (Å²) < 4.78 is 73.6. The quantitative estimate of drug-likeness (QED) is 0.0286. The van der Waals surface area contributed by atoms with Crippen LogP contribution in [0.3, 0.4) is 0 Å². The van der Waals surface area contributed by atoms with Crippen molar-refractivity contribution >= 4 is 80.7 Å². The van der Waals surface area contributed by atoms with Crippen LogP contribution in [0.5, 0.6) is 5.75 Å². The number of thioether (sulfide) groups is 1. The van der Waals surface area contributed by atoms with E-state index in [-0.39, 0.29) is 41.6 Å². The van der Waals surface area contributed by atoms with Gasteiger partial charge in [-0.1, -0.05) is 50.1 Å². The number of halogens is 1. The number of phosphoric acid groups is 3. The molecule has 8 atom stereocenters. The van der Waals surface area contributed by atoms with E-state index in [1.807, 2.05) is 12.1 Å². The van der Waals surface area contributed by atoms with E-state index in [0.29, 0.717) is 30.4 Å². The molecule has 10 N–H and O–H groups in total. The first kappa shape index (κ1) is 54.8. The largest absolute Gasteiger partial charge is 0.494 e. The summed E-state index contributed by atoms with van der Waals surface area (Å²) in [5, 5.41) is 27.1. The molecule has 26 nitrogen and oxygen atoms in total. The molecule has 2 fully saturated rings. The van der Waals surface area contributed by atoms with Crippen molar-refractivity contribution in [1.82, 2.24) is 30.2 Å². The maximum atomic E-state index is 12.8. The summed E-state index contributed by atoms with van der Waals surface area (Å²) in [6.45, 7) is 1.33. The van der Waals surface area contributed by atoms with Gasteiger partial charge < -0.3 is 60.4 Å². The number of amides is 2. The van der Waals surface area contributed by atoms with Gasteiger partial charge in [0, 0.05) is 35.7 Å². The smallest absolute Gasteiger partial charge is 0.481 e. The van der Waals surface area contributed by atoms with Gasteiger partial charge >= 0.3 is 23.5 Å². The second-order valence-corrected chi connectivity index (χ2v) is 21.7. The lowest BCUT2D eigenvalue weighted by atomic mass is 9.87. The number of nitrogens with one attached hydrogen (secondary N) is 2. The van der Waals surface area contributed by atoms with Crippen LogP contribution in [0, 0.1) is 5.41 Å². The molecule has 2 aliphatic heterocycles. The number of ether oxygens (including phenoxy) is 3. The third-order valence-corrected chi connectivity index (χ3v) is 14.6. The average molecular weight is 1050 g/mol. The fourth-order valence-corrected chi connectivity index (χ4v) is 10.3. The Balaban J connectivity index is 0.965.